The van der Waals surface area contributed by atoms with Crippen LogP contribution in [0.4, 0.5) is 4.79 Å². The van der Waals surface area contributed by atoms with Crippen LogP contribution in [0.25, 0.3) is 6.08 Å². The van der Waals surface area contributed by atoms with Crippen molar-refractivity contribution in [2.24, 2.45) is 10.8 Å². The first kappa shape index (κ1) is 13.6. The van der Waals surface area contributed by atoms with E-state index in [2.05, 4.69) is 17.1 Å². The molecule has 0 radical (unpaired) electrons. The maximum absolute atomic E-state index is 12.2. The van der Waals surface area contributed by atoms with Crippen molar-refractivity contribution in [2.75, 3.05) is 0 Å². The summed E-state index contributed by atoms with van der Waals surface area (Å²) in [5.41, 5.74) is 8.43. The Bertz CT molecular complexity index is 507. The van der Waals surface area contributed by atoms with Gasteiger partial charge in [0.1, 0.15) is 5.71 Å². The van der Waals surface area contributed by atoms with Crippen LogP contribution in [-0.4, -0.2) is 17.5 Å². The molecule has 1 rings (SSSR count). The molecule has 0 saturated heterocycles. The molecule has 0 aliphatic carbocycles. The van der Waals surface area contributed by atoms with E-state index in [1.54, 1.807) is 31.2 Å². The van der Waals surface area contributed by atoms with Gasteiger partial charge in [0.25, 0.3) is 0 Å². The second kappa shape index (κ2) is 6.34. The average Bonchev–Trinajstić information content (AvgIpc) is 2.38. The average molecular weight is 245 g/mol. The minimum atomic E-state index is -0.800. The molecule has 0 fully saturated rings. The molecule has 1 aromatic carbocycles. The van der Waals surface area contributed by atoms with Crippen LogP contribution in [0.2, 0.25) is 0 Å². The number of urea groups is 1. The highest BCUT2D eigenvalue weighted by atomic mass is 16.2. The summed E-state index contributed by atoms with van der Waals surface area (Å²) in [6, 6.07) is 6.25. The number of Topliss-reactive ketones (excluding diaryl/α,β-unsaturated/α-hetero) is 1. The third kappa shape index (κ3) is 3.28. The predicted molar refractivity (Wildman–Crippen MR) is 71.3 cm³/mol. The number of amides is 2. The van der Waals surface area contributed by atoms with Crippen LogP contribution in [-0.2, 0) is 0 Å². The van der Waals surface area contributed by atoms with E-state index in [4.69, 9.17) is 5.73 Å². The molecular weight excluding hydrogens is 230 g/mol. The fraction of sp³-hybridized carbons (Fsp3) is 0.154. The van der Waals surface area contributed by atoms with Gasteiger partial charge in [0, 0.05) is 5.56 Å². The van der Waals surface area contributed by atoms with Crippen molar-refractivity contribution in [1.29, 1.82) is 0 Å². The molecule has 0 aliphatic rings. The predicted octanol–water partition coefficient (Wildman–Crippen LogP) is 1.95. The van der Waals surface area contributed by atoms with E-state index in [0.29, 0.717) is 12.0 Å². The molecule has 0 atom stereocenters. The Morgan fingerprint density at radius 2 is 2.11 bits per heavy atom. The first-order valence-electron chi connectivity index (χ1n) is 5.48. The number of nitrogens with one attached hydrogen (secondary N) is 1. The summed E-state index contributed by atoms with van der Waals surface area (Å²) in [7, 11) is 0. The molecular formula is C13H15N3O2. The quantitative estimate of drug-likeness (QED) is 0.472. The van der Waals surface area contributed by atoms with E-state index in [1.807, 2.05) is 6.07 Å². The van der Waals surface area contributed by atoms with Crippen LogP contribution in [0.3, 0.4) is 0 Å². The molecule has 18 heavy (non-hydrogen) atoms. The van der Waals surface area contributed by atoms with Crippen molar-refractivity contribution in [3.8, 4) is 0 Å². The number of benzene rings is 1. The number of hydrogen-bond acceptors (Lipinski definition) is 3. The number of nitrogens with two attached hydrogens (primary N) is 1. The molecule has 2 amide bonds. The van der Waals surface area contributed by atoms with Gasteiger partial charge < -0.3 is 5.73 Å². The molecule has 0 spiro atoms. The highest BCUT2D eigenvalue weighted by Gasteiger charge is 2.15. The molecule has 0 aromatic heterocycles. The van der Waals surface area contributed by atoms with Crippen LogP contribution in [0, 0.1) is 0 Å². The zero-order chi connectivity index (χ0) is 13.5. The van der Waals surface area contributed by atoms with Gasteiger partial charge in [-0.1, -0.05) is 43.8 Å². The molecule has 1 aromatic rings. The monoisotopic (exact) mass is 245 g/mol. The smallest absolute Gasteiger partial charge is 0.332 e. The summed E-state index contributed by atoms with van der Waals surface area (Å²) >= 11 is 0. The number of rotatable bonds is 5. The third-order valence-corrected chi connectivity index (χ3v) is 2.32. The summed E-state index contributed by atoms with van der Waals surface area (Å²) in [6.45, 7) is 5.43. The normalized spacial score (nSPS) is 10.8. The lowest BCUT2D eigenvalue weighted by Crippen LogP contribution is -2.27. The van der Waals surface area contributed by atoms with Crippen LogP contribution >= 0.6 is 0 Å². The zero-order valence-corrected chi connectivity index (χ0v) is 10.1. The van der Waals surface area contributed by atoms with Crippen LogP contribution in [0.1, 0.15) is 29.3 Å². The van der Waals surface area contributed by atoms with Crippen LogP contribution < -0.4 is 11.2 Å². The lowest BCUT2D eigenvalue weighted by atomic mass is 9.99. The van der Waals surface area contributed by atoms with E-state index in [1.165, 1.54) is 0 Å². The van der Waals surface area contributed by atoms with E-state index in [9.17, 15) is 9.59 Å². The molecule has 0 bridgehead atoms. The molecule has 0 heterocycles. The Morgan fingerprint density at radius 1 is 1.44 bits per heavy atom. The summed E-state index contributed by atoms with van der Waals surface area (Å²) in [4.78, 5) is 22.8. The summed E-state index contributed by atoms with van der Waals surface area (Å²) in [5.74, 6) is -0.248. The number of nitrogens with zero attached hydrogens (tertiary/aromatic N) is 1. The van der Waals surface area contributed by atoms with Gasteiger partial charge in [-0.05, 0) is 12.0 Å². The molecule has 0 aliphatic heterocycles. The minimum Gasteiger partial charge on any atom is -0.350 e. The van der Waals surface area contributed by atoms with Crippen molar-refractivity contribution in [3.05, 3.63) is 42.0 Å². The number of carbonyl (C=O) groups is 2. The van der Waals surface area contributed by atoms with Gasteiger partial charge in [-0.25, -0.2) is 10.2 Å². The maximum atomic E-state index is 12.2. The SMILES string of the molecule is C=Cc1ccccc1C(=O)/C(CC)=N/NC(N)=O. The van der Waals surface area contributed by atoms with E-state index in [-0.39, 0.29) is 11.5 Å². The number of hydrazone groups is 1. The zero-order valence-electron chi connectivity index (χ0n) is 10.1. The Hall–Kier alpha value is -2.43. The topological polar surface area (TPSA) is 84.6 Å². The van der Waals surface area contributed by atoms with Gasteiger partial charge in [-0.2, -0.15) is 5.10 Å². The number of carbonyl (C=O) groups excluding carboxylic acids is 2. The molecule has 5 heteroatoms. The van der Waals surface area contributed by atoms with Gasteiger partial charge >= 0.3 is 6.03 Å². The molecule has 5 nitrogen and oxygen atoms in total. The van der Waals surface area contributed by atoms with Gasteiger partial charge in [-0.15, -0.1) is 0 Å². The Labute approximate surface area is 105 Å². The fourth-order valence-electron chi connectivity index (χ4n) is 1.45. The lowest BCUT2D eigenvalue weighted by Gasteiger charge is -2.06. The Balaban J connectivity index is 3.07. The van der Waals surface area contributed by atoms with Crippen molar-refractivity contribution < 1.29 is 9.59 Å². The molecule has 0 unspecified atom stereocenters. The highest BCUT2D eigenvalue weighted by molar-refractivity contribution is 6.46. The first-order valence-corrected chi connectivity index (χ1v) is 5.48. The Kier molecular flexibility index (Phi) is 4.80. The highest BCUT2D eigenvalue weighted by Crippen LogP contribution is 2.12. The first-order chi connectivity index (χ1) is 8.60. The van der Waals surface area contributed by atoms with E-state index >= 15 is 0 Å². The third-order valence-electron chi connectivity index (χ3n) is 2.32. The minimum absolute atomic E-state index is 0.239. The standard InChI is InChI=1S/C13H15N3O2/c1-3-9-7-5-6-8-10(9)12(17)11(4-2)15-16-13(14)18/h3,5-8H,1,4H2,2H3,(H3,14,16,18)/b15-11+. The van der Waals surface area contributed by atoms with E-state index in [0.717, 1.165) is 5.56 Å². The number of hydrogen-bond donors (Lipinski definition) is 2. The molecule has 94 valence electrons. The van der Waals surface area contributed by atoms with Gasteiger partial charge in [0.15, 0.2) is 0 Å². The van der Waals surface area contributed by atoms with Crippen molar-refractivity contribution in [1.82, 2.24) is 5.43 Å². The van der Waals surface area contributed by atoms with Crippen LogP contribution in [0.5, 0.6) is 0 Å². The van der Waals surface area contributed by atoms with Gasteiger partial charge in [0.05, 0.1) is 0 Å². The van der Waals surface area contributed by atoms with Gasteiger partial charge in [-0.3, -0.25) is 4.79 Å². The van der Waals surface area contributed by atoms with Crippen molar-refractivity contribution in [3.63, 3.8) is 0 Å². The fourth-order valence-corrected chi connectivity index (χ4v) is 1.45. The number of ketones is 1. The van der Waals surface area contributed by atoms with Crippen molar-refractivity contribution >= 4 is 23.6 Å². The summed E-state index contributed by atoms with van der Waals surface area (Å²) in [5, 5.41) is 3.70. The lowest BCUT2D eigenvalue weighted by molar-refractivity contribution is 0.106. The van der Waals surface area contributed by atoms with Crippen LogP contribution in [0.15, 0.2) is 35.9 Å². The second-order valence-corrected chi connectivity index (χ2v) is 3.51. The molecule has 0 saturated carbocycles. The summed E-state index contributed by atoms with van der Waals surface area (Å²) < 4.78 is 0. The second-order valence-electron chi connectivity index (χ2n) is 3.51. The molecule has 3 N–H and O–H groups in total. The van der Waals surface area contributed by atoms with E-state index < -0.39 is 6.03 Å². The van der Waals surface area contributed by atoms with Gasteiger partial charge in [0.2, 0.25) is 5.78 Å². The largest absolute Gasteiger partial charge is 0.350 e. The van der Waals surface area contributed by atoms with Crippen molar-refractivity contribution in [2.45, 2.75) is 13.3 Å². The Morgan fingerprint density at radius 3 is 2.67 bits per heavy atom. The number of primary amides is 1. The summed E-state index contributed by atoms with van der Waals surface area (Å²) in [6.07, 6.45) is 1.99. The maximum Gasteiger partial charge on any atom is 0.332 e.